The molecule has 0 aromatic carbocycles. The number of nitrogens with zero attached hydrogens (tertiary/aromatic N) is 4. The molecular weight excluding hydrogens is 262 g/mol. The van der Waals surface area contributed by atoms with Crippen molar-refractivity contribution in [3.63, 3.8) is 0 Å². The molecule has 0 saturated carbocycles. The summed E-state index contributed by atoms with van der Waals surface area (Å²) < 4.78 is 3.12. The molecule has 2 aromatic rings. The van der Waals surface area contributed by atoms with Crippen LogP contribution in [0.4, 0.5) is 0 Å². The van der Waals surface area contributed by atoms with Gasteiger partial charge in [0.15, 0.2) is 0 Å². The molecule has 0 aliphatic rings. The zero-order valence-corrected chi connectivity index (χ0v) is 10.7. The lowest BCUT2D eigenvalue weighted by Crippen LogP contribution is -2.32. The number of hydrogen-bond acceptors (Lipinski definition) is 5. The van der Waals surface area contributed by atoms with Gasteiger partial charge >= 0.3 is 5.97 Å². The SMILES string of the molecule is NC(Cc1cn(CCn2ccccc2=O)nn1)C(=O)O. The molecule has 0 radical (unpaired) electrons. The predicted molar refractivity (Wildman–Crippen MR) is 70.0 cm³/mol. The van der Waals surface area contributed by atoms with Crippen molar-refractivity contribution in [1.29, 1.82) is 0 Å². The average molecular weight is 277 g/mol. The summed E-state index contributed by atoms with van der Waals surface area (Å²) in [6, 6.07) is 3.95. The second-order valence-corrected chi connectivity index (χ2v) is 4.35. The van der Waals surface area contributed by atoms with Crippen molar-refractivity contribution in [2.75, 3.05) is 0 Å². The predicted octanol–water partition coefficient (Wildman–Crippen LogP) is -0.906. The van der Waals surface area contributed by atoms with Gasteiger partial charge in [-0.1, -0.05) is 11.3 Å². The molecule has 0 aliphatic heterocycles. The Bertz CT molecular complexity index is 648. The van der Waals surface area contributed by atoms with Crippen molar-refractivity contribution in [3.05, 3.63) is 46.6 Å². The van der Waals surface area contributed by atoms with Crippen LogP contribution >= 0.6 is 0 Å². The zero-order valence-electron chi connectivity index (χ0n) is 10.7. The molecule has 3 N–H and O–H groups in total. The van der Waals surface area contributed by atoms with Crippen LogP contribution in [-0.4, -0.2) is 36.7 Å². The van der Waals surface area contributed by atoms with E-state index < -0.39 is 12.0 Å². The van der Waals surface area contributed by atoms with Crippen molar-refractivity contribution < 1.29 is 9.90 Å². The van der Waals surface area contributed by atoms with E-state index in [1.54, 1.807) is 33.8 Å². The Morgan fingerprint density at radius 3 is 2.90 bits per heavy atom. The first-order chi connectivity index (χ1) is 9.56. The second kappa shape index (κ2) is 6.11. The summed E-state index contributed by atoms with van der Waals surface area (Å²) >= 11 is 0. The van der Waals surface area contributed by atoms with Gasteiger partial charge in [-0.05, 0) is 6.07 Å². The molecule has 8 nitrogen and oxygen atoms in total. The molecule has 0 aliphatic carbocycles. The molecule has 20 heavy (non-hydrogen) atoms. The maximum atomic E-state index is 11.5. The van der Waals surface area contributed by atoms with Crippen LogP contribution in [0.5, 0.6) is 0 Å². The summed E-state index contributed by atoms with van der Waals surface area (Å²) in [5, 5.41) is 16.4. The number of aromatic nitrogens is 4. The van der Waals surface area contributed by atoms with Crippen molar-refractivity contribution in [2.45, 2.75) is 25.6 Å². The minimum absolute atomic E-state index is 0.0826. The van der Waals surface area contributed by atoms with E-state index in [4.69, 9.17) is 10.8 Å². The van der Waals surface area contributed by atoms with E-state index in [9.17, 15) is 9.59 Å². The number of rotatable bonds is 6. The van der Waals surface area contributed by atoms with Gasteiger partial charge in [0.25, 0.3) is 5.56 Å². The van der Waals surface area contributed by atoms with Crippen LogP contribution in [0.25, 0.3) is 0 Å². The van der Waals surface area contributed by atoms with E-state index >= 15 is 0 Å². The highest BCUT2D eigenvalue weighted by Crippen LogP contribution is 1.98. The lowest BCUT2D eigenvalue weighted by Gasteiger charge is -2.04. The van der Waals surface area contributed by atoms with Crippen LogP contribution in [0.15, 0.2) is 35.4 Å². The molecule has 2 rings (SSSR count). The monoisotopic (exact) mass is 277 g/mol. The number of aryl methyl sites for hydroxylation is 2. The Morgan fingerprint density at radius 2 is 2.20 bits per heavy atom. The van der Waals surface area contributed by atoms with E-state index in [-0.39, 0.29) is 12.0 Å². The van der Waals surface area contributed by atoms with Crippen LogP contribution in [-0.2, 0) is 24.3 Å². The third kappa shape index (κ3) is 3.51. The molecule has 1 atom stereocenters. The largest absolute Gasteiger partial charge is 0.480 e. The van der Waals surface area contributed by atoms with Gasteiger partial charge in [-0.15, -0.1) is 5.10 Å². The van der Waals surface area contributed by atoms with Crippen LogP contribution in [0.2, 0.25) is 0 Å². The topological polar surface area (TPSA) is 116 Å². The Hall–Kier alpha value is -2.48. The third-order valence-electron chi connectivity index (χ3n) is 2.80. The van der Waals surface area contributed by atoms with Gasteiger partial charge in [0.2, 0.25) is 0 Å². The molecule has 0 spiro atoms. The van der Waals surface area contributed by atoms with Crippen LogP contribution < -0.4 is 11.3 Å². The summed E-state index contributed by atoms with van der Waals surface area (Å²) in [6.07, 6.45) is 3.46. The number of carboxylic acids is 1. The molecule has 2 aromatic heterocycles. The lowest BCUT2D eigenvalue weighted by molar-refractivity contribution is -0.138. The maximum absolute atomic E-state index is 11.5. The molecule has 106 valence electrons. The Morgan fingerprint density at radius 1 is 1.40 bits per heavy atom. The average Bonchev–Trinajstić information content (AvgIpc) is 2.85. The molecule has 1 unspecified atom stereocenters. The fourth-order valence-electron chi connectivity index (χ4n) is 1.71. The summed E-state index contributed by atoms with van der Waals surface area (Å²) in [4.78, 5) is 22.1. The summed E-state index contributed by atoms with van der Waals surface area (Å²) in [5.74, 6) is -1.07. The second-order valence-electron chi connectivity index (χ2n) is 4.35. The Kier molecular flexibility index (Phi) is 4.26. The van der Waals surface area contributed by atoms with E-state index in [2.05, 4.69) is 10.3 Å². The van der Waals surface area contributed by atoms with Gasteiger partial charge in [0, 0.05) is 31.4 Å². The smallest absolute Gasteiger partial charge is 0.320 e. The highest BCUT2D eigenvalue weighted by atomic mass is 16.4. The normalized spacial score (nSPS) is 12.2. The first-order valence-corrected chi connectivity index (χ1v) is 6.09. The number of hydrogen-bond donors (Lipinski definition) is 2. The van der Waals surface area contributed by atoms with Gasteiger partial charge in [-0.3, -0.25) is 14.3 Å². The quantitative estimate of drug-likeness (QED) is 0.706. The minimum atomic E-state index is -1.07. The molecule has 8 heteroatoms. The fraction of sp³-hybridized carbons (Fsp3) is 0.333. The number of pyridine rings is 1. The lowest BCUT2D eigenvalue weighted by atomic mass is 10.2. The van der Waals surface area contributed by atoms with Crippen LogP contribution in [0, 0.1) is 0 Å². The molecule has 2 heterocycles. The van der Waals surface area contributed by atoms with Gasteiger partial charge in [-0.2, -0.15) is 0 Å². The zero-order chi connectivity index (χ0) is 14.5. The molecular formula is C12H15N5O3. The van der Waals surface area contributed by atoms with Crippen molar-refractivity contribution in [2.24, 2.45) is 5.73 Å². The van der Waals surface area contributed by atoms with E-state index in [0.717, 1.165) is 0 Å². The molecule has 0 amide bonds. The van der Waals surface area contributed by atoms with Crippen molar-refractivity contribution in [1.82, 2.24) is 19.6 Å². The maximum Gasteiger partial charge on any atom is 0.320 e. The van der Waals surface area contributed by atoms with Crippen LogP contribution in [0.3, 0.4) is 0 Å². The highest BCUT2D eigenvalue weighted by Gasteiger charge is 2.14. The number of aliphatic carboxylic acids is 1. The summed E-state index contributed by atoms with van der Waals surface area (Å²) in [5.41, 5.74) is 5.85. The molecule has 0 fully saturated rings. The minimum Gasteiger partial charge on any atom is -0.480 e. The number of carboxylic acid groups (broad SMARTS) is 1. The first kappa shape index (κ1) is 13.9. The molecule has 0 bridgehead atoms. The van der Waals surface area contributed by atoms with E-state index in [1.807, 2.05) is 0 Å². The van der Waals surface area contributed by atoms with Crippen LogP contribution in [0.1, 0.15) is 5.69 Å². The summed E-state index contributed by atoms with van der Waals surface area (Å²) in [7, 11) is 0. The van der Waals surface area contributed by atoms with Gasteiger partial charge in [0.1, 0.15) is 6.04 Å². The van der Waals surface area contributed by atoms with Gasteiger partial charge < -0.3 is 15.4 Å². The van der Waals surface area contributed by atoms with Gasteiger partial charge in [0.05, 0.1) is 12.2 Å². The van der Waals surface area contributed by atoms with E-state index in [1.165, 1.54) is 6.07 Å². The Labute approximate surface area is 114 Å². The Balaban J connectivity index is 1.95. The number of carbonyl (C=O) groups is 1. The number of nitrogens with two attached hydrogens (primary N) is 1. The van der Waals surface area contributed by atoms with Crippen molar-refractivity contribution >= 4 is 5.97 Å². The summed E-state index contributed by atoms with van der Waals surface area (Å²) in [6.45, 7) is 0.937. The van der Waals surface area contributed by atoms with E-state index in [0.29, 0.717) is 18.8 Å². The molecule has 0 saturated heterocycles. The first-order valence-electron chi connectivity index (χ1n) is 6.09. The fourth-order valence-corrected chi connectivity index (χ4v) is 1.71. The van der Waals surface area contributed by atoms with Crippen molar-refractivity contribution in [3.8, 4) is 0 Å². The standard InChI is InChI=1S/C12H15N5O3/c13-10(12(19)20)7-9-8-17(15-14-9)6-5-16-4-2-1-3-11(16)18/h1-4,8,10H,5-7,13H2,(H,19,20). The van der Waals surface area contributed by atoms with Gasteiger partial charge in [-0.25, -0.2) is 0 Å². The highest BCUT2D eigenvalue weighted by molar-refractivity contribution is 5.73. The third-order valence-corrected chi connectivity index (χ3v) is 2.80.